The summed E-state index contributed by atoms with van der Waals surface area (Å²) in [6, 6.07) is 13.5. The van der Waals surface area contributed by atoms with E-state index in [4.69, 9.17) is 4.74 Å². The standard InChI is InChI=1S/C22H27FN2O2/c1-3-19(25-11-10-17-6-4-5-7-18(17)15-25)14-24-22(26)13-16-8-9-21(27-2)20(23)12-16/h4-9,12,19H,3,10-11,13-15H2,1-2H3,(H,24,26)/t19-/m0/s1. The Kier molecular flexibility index (Phi) is 6.45. The fraction of sp³-hybridized carbons (Fsp3) is 0.409. The van der Waals surface area contributed by atoms with Gasteiger partial charge in [-0.25, -0.2) is 4.39 Å². The summed E-state index contributed by atoms with van der Waals surface area (Å²) >= 11 is 0. The van der Waals surface area contributed by atoms with Gasteiger partial charge in [0.15, 0.2) is 11.6 Å². The molecule has 0 unspecified atom stereocenters. The van der Waals surface area contributed by atoms with Crippen molar-refractivity contribution in [2.75, 3.05) is 20.2 Å². The topological polar surface area (TPSA) is 41.6 Å². The zero-order valence-electron chi connectivity index (χ0n) is 16.0. The van der Waals surface area contributed by atoms with E-state index in [1.165, 1.54) is 24.3 Å². The molecule has 0 saturated heterocycles. The lowest BCUT2D eigenvalue weighted by atomic mass is 9.98. The number of carbonyl (C=O) groups excluding carboxylic acids is 1. The number of hydrogen-bond donors (Lipinski definition) is 1. The van der Waals surface area contributed by atoms with Crippen LogP contribution in [0.1, 0.15) is 30.0 Å². The third-order valence-electron chi connectivity index (χ3n) is 5.26. The molecule has 0 fully saturated rings. The quantitative estimate of drug-likeness (QED) is 0.813. The van der Waals surface area contributed by atoms with Crippen molar-refractivity contribution in [3.05, 3.63) is 65.0 Å². The van der Waals surface area contributed by atoms with Crippen LogP contribution in [0.3, 0.4) is 0 Å². The second kappa shape index (κ2) is 9.00. The van der Waals surface area contributed by atoms with Crippen molar-refractivity contribution in [2.24, 2.45) is 0 Å². The van der Waals surface area contributed by atoms with Gasteiger partial charge in [0.1, 0.15) is 0 Å². The van der Waals surface area contributed by atoms with Crippen LogP contribution in [-0.4, -0.2) is 37.0 Å². The van der Waals surface area contributed by atoms with E-state index in [1.54, 1.807) is 12.1 Å². The van der Waals surface area contributed by atoms with E-state index in [0.717, 1.165) is 25.9 Å². The highest BCUT2D eigenvalue weighted by atomic mass is 19.1. The lowest BCUT2D eigenvalue weighted by molar-refractivity contribution is -0.120. The van der Waals surface area contributed by atoms with Gasteiger partial charge in [-0.15, -0.1) is 0 Å². The number of carbonyl (C=O) groups is 1. The van der Waals surface area contributed by atoms with Gasteiger partial charge in [-0.05, 0) is 41.7 Å². The summed E-state index contributed by atoms with van der Waals surface area (Å²) in [4.78, 5) is 14.7. The number of amides is 1. The van der Waals surface area contributed by atoms with Crippen LogP contribution in [0, 0.1) is 5.82 Å². The maximum absolute atomic E-state index is 13.8. The van der Waals surface area contributed by atoms with Gasteiger partial charge in [-0.2, -0.15) is 0 Å². The highest BCUT2D eigenvalue weighted by molar-refractivity contribution is 5.78. The molecule has 4 nitrogen and oxygen atoms in total. The molecule has 0 spiro atoms. The number of benzene rings is 2. The predicted octanol–water partition coefficient (Wildman–Crippen LogP) is 3.33. The van der Waals surface area contributed by atoms with Crippen LogP contribution < -0.4 is 10.1 Å². The molecule has 1 N–H and O–H groups in total. The van der Waals surface area contributed by atoms with Gasteiger partial charge in [0, 0.05) is 25.7 Å². The Hall–Kier alpha value is -2.40. The van der Waals surface area contributed by atoms with Gasteiger partial charge in [0.2, 0.25) is 5.91 Å². The van der Waals surface area contributed by atoms with Gasteiger partial charge in [0.05, 0.1) is 13.5 Å². The van der Waals surface area contributed by atoms with E-state index in [-0.39, 0.29) is 18.1 Å². The molecule has 3 rings (SSSR count). The molecule has 2 aromatic carbocycles. The maximum atomic E-state index is 13.8. The van der Waals surface area contributed by atoms with Crippen molar-refractivity contribution in [1.82, 2.24) is 10.2 Å². The molecule has 1 heterocycles. The first-order valence-electron chi connectivity index (χ1n) is 9.50. The smallest absolute Gasteiger partial charge is 0.224 e. The predicted molar refractivity (Wildman–Crippen MR) is 104 cm³/mol. The first kappa shape index (κ1) is 19.4. The molecule has 27 heavy (non-hydrogen) atoms. The van der Waals surface area contributed by atoms with E-state index >= 15 is 0 Å². The summed E-state index contributed by atoms with van der Waals surface area (Å²) < 4.78 is 18.7. The maximum Gasteiger partial charge on any atom is 0.224 e. The molecule has 0 radical (unpaired) electrons. The fourth-order valence-corrected chi connectivity index (χ4v) is 3.66. The minimum atomic E-state index is -0.443. The van der Waals surface area contributed by atoms with Crippen molar-refractivity contribution >= 4 is 5.91 Å². The van der Waals surface area contributed by atoms with Gasteiger partial charge >= 0.3 is 0 Å². The molecule has 1 aliphatic rings. The van der Waals surface area contributed by atoms with Crippen LogP contribution in [0.4, 0.5) is 4.39 Å². The minimum Gasteiger partial charge on any atom is -0.494 e. The third kappa shape index (κ3) is 4.86. The number of nitrogens with one attached hydrogen (secondary N) is 1. The molecule has 2 aromatic rings. The zero-order chi connectivity index (χ0) is 19.2. The monoisotopic (exact) mass is 370 g/mol. The summed E-state index contributed by atoms with van der Waals surface area (Å²) in [5.74, 6) is -0.341. The summed E-state index contributed by atoms with van der Waals surface area (Å²) in [5.41, 5.74) is 3.45. The summed E-state index contributed by atoms with van der Waals surface area (Å²) in [7, 11) is 1.43. The van der Waals surface area contributed by atoms with Crippen molar-refractivity contribution in [3.8, 4) is 5.75 Å². The number of nitrogens with zero attached hydrogens (tertiary/aromatic N) is 1. The second-order valence-corrected chi connectivity index (χ2v) is 7.00. The normalized spacial score (nSPS) is 15.1. The molecule has 1 amide bonds. The number of methoxy groups -OCH3 is 1. The van der Waals surface area contributed by atoms with Gasteiger partial charge in [-0.3, -0.25) is 9.69 Å². The van der Waals surface area contributed by atoms with Crippen molar-refractivity contribution in [2.45, 2.75) is 38.8 Å². The molecular formula is C22H27FN2O2. The van der Waals surface area contributed by atoms with E-state index in [1.807, 2.05) is 0 Å². The zero-order valence-corrected chi connectivity index (χ0v) is 16.0. The molecule has 144 valence electrons. The highest BCUT2D eigenvalue weighted by Crippen LogP contribution is 2.21. The number of hydrogen-bond acceptors (Lipinski definition) is 3. The SMILES string of the molecule is CC[C@@H](CNC(=O)Cc1ccc(OC)c(F)c1)N1CCc2ccccc2C1. The minimum absolute atomic E-state index is 0.0876. The number of halogens is 1. The number of fused-ring (bicyclic) bond motifs is 1. The number of ether oxygens (including phenoxy) is 1. The van der Waals surface area contributed by atoms with Crippen LogP contribution in [0.15, 0.2) is 42.5 Å². The first-order chi connectivity index (χ1) is 13.1. The average molecular weight is 370 g/mol. The fourth-order valence-electron chi connectivity index (χ4n) is 3.66. The summed E-state index contributed by atoms with van der Waals surface area (Å²) in [6.45, 7) is 4.69. The molecular weight excluding hydrogens is 343 g/mol. The van der Waals surface area contributed by atoms with Gasteiger partial charge in [-0.1, -0.05) is 37.3 Å². The van der Waals surface area contributed by atoms with E-state index in [0.29, 0.717) is 18.2 Å². The molecule has 1 atom stereocenters. The number of rotatable bonds is 7. The average Bonchev–Trinajstić information content (AvgIpc) is 2.68. The van der Waals surface area contributed by atoms with E-state index in [2.05, 4.69) is 41.4 Å². The third-order valence-corrected chi connectivity index (χ3v) is 5.26. The summed E-state index contributed by atoms with van der Waals surface area (Å²) in [5, 5.41) is 3.02. The van der Waals surface area contributed by atoms with E-state index < -0.39 is 5.82 Å². The molecule has 0 bridgehead atoms. The van der Waals surface area contributed by atoms with E-state index in [9.17, 15) is 9.18 Å². The Morgan fingerprint density at radius 2 is 2.04 bits per heavy atom. The van der Waals surface area contributed by atoms with Gasteiger partial charge < -0.3 is 10.1 Å². The van der Waals surface area contributed by atoms with Crippen molar-refractivity contribution < 1.29 is 13.9 Å². The lowest BCUT2D eigenvalue weighted by Gasteiger charge is -2.35. The van der Waals surface area contributed by atoms with Gasteiger partial charge in [0.25, 0.3) is 0 Å². The highest BCUT2D eigenvalue weighted by Gasteiger charge is 2.22. The summed E-state index contributed by atoms with van der Waals surface area (Å²) in [6.07, 6.45) is 2.19. The Morgan fingerprint density at radius 3 is 2.74 bits per heavy atom. The molecule has 0 aromatic heterocycles. The molecule has 1 aliphatic heterocycles. The Bertz CT molecular complexity index is 794. The molecule has 0 aliphatic carbocycles. The van der Waals surface area contributed by atoms with Crippen molar-refractivity contribution in [1.29, 1.82) is 0 Å². The second-order valence-electron chi connectivity index (χ2n) is 7.00. The Balaban J connectivity index is 1.53. The lowest BCUT2D eigenvalue weighted by Crippen LogP contribution is -2.46. The van der Waals surface area contributed by atoms with Crippen molar-refractivity contribution in [3.63, 3.8) is 0 Å². The Morgan fingerprint density at radius 1 is 1.26 bits per heavy atom. The van der Waals surface area contributed by atoms with Crippen LogP contribution in [0.25, 0.3) is 0 Å². The van der Waals surface area contributed by atoms with Crippen LogP contribution >= 0.6 is 0 Å². The van der Waals surface area contributed by atoms with Crippen LogP contribution in [-0.2, 0) is 24.2 Å². The first-order valence-corrected chi connectivity index (χ1v) is 9.50. The van der Waals surface area contributed by atoms with Crippen LogP contribution in [0.2, 0.25) is 0 Å². The molecule has 5 heteroatoms. The Labute approximate surface area is 160 Å². The van der Waals surface area contributed by atoms with Crippen LogP contribution in [0.5, 0.6) is 5.75 Å². The molecule has 0 saturated carbocycles. The largest absolute Gasteiger partial charge is 0.494 e.